The molecular weight excluding hydrogens is 406 g/mol. The van der Waals surface area contributed by atoms with E-state index in [1.807, 2.05) is 43.3 Å². The number of pyridine rings is 1. The molecule has 1 aliphatic carbocycles. The number of fused-ring (bicyclic) bond motifs is 1. The summed E-state index contributed by atoms with van der Waals surface area (Å²) in [5, 5.41) is 2.41. The van der Waals surface area contributed by atoms with Gasteiger partial charge in [-0.1, -0.05) is 36.4 Å². The van der Waals surface area contributed by atoms with Crippen LogP contribution in [0.5, 0.6) is 5.75 Å². The highest BCUT2D eigenvalue weighted by molar-refractivity contribution is 7.94. The predicted octanol–water partition coefficient (Wildman–Crippen LogP) is 6.16. The van der Waals surface area contributed by atoms with Crippen LogP contribution in [0.15, 0.2) is 83.1 Å². The summed E-state index contributed by atoms with van der Waals surface area (Å²) in [6, 6.07) is 16.6. The summed E-state index contributed by atoms with van der Waals surface area (Å²) in [6.45, 7) is 6.37. The Morgan fingerprint density at radius 2 is 1.81 bits per heavy atom. The number of allylic oxidation sites excluding steroid dienone is 2. The van der Waals surface area contributed by atoms with Gasteiger partial charge in [-0.2, -0.15) is 0 Å². The molecule has 0 unspecified atom stereocenters. The van der Waals surface area contributed by atoms with Crippen molar-refractivity contribution in [1.82, 2.24) is 4.98 Å². The summed E-state index contributed by atoms with van der Waals surface area (Å²) in [4.78, 5) is 4.83. The van der Waals surface area contributed by atoms with E-state index in [1.165, 1.54) is 11.0 Å². The van der Waals surface area contributed by atoms with Crippen LogP contribution >= 0.6 is 0 Å². The summed E-state index contributed by atoms with van der Waals surface area (Å²) >= 11 is 0. The van der Waals surface area contributed by atoms with E-state index in [9.17, 15) is 8.42 Å². The highest BCUT2D eigenvalue weighted by Gasteiger charge is 2.16. The average molecular weight is 434 g/mol. The lowest BCUT2D eigenvalue weighted by atomic mass is 9.87. The van der Waals surface area contributed by atoms with Crippen LogP contribution in [0.25, 0.3) is 10.9 Å². The molecule has 0 spiro atoms. The summed E-state index contributed by atoms with van der Waals surface area (Å²) < 4.78 is 31.3. The Hall–Kier alpha value is -2.92. The van der Waals surface area contributed by atoms with Gasteiger partial charge in [0.05, 0.1) is 10.4 Å². The standard InChI is InChI=1S/C26H27NO3S/c1-19-7-9-21(10-8-19)15-16-31(28,29)24-13-11-23(12-14-24)30-18-22-17-20(2)27-26-6-4-3-5-25(22)26/h3-6,11-17,21H,1,7-10,18H2,2H3/b16-15+. The maximum atomic E-state index is 12.7. The zero-order valence-corrected chi connectivity index (χ0v) is 18.6. The van der Waals surface area contributed by atoms with Crippen LogP contribution in [0.2, 0.25) is 0 Å². The molecule has 0 radical (unpaired) electrons. The molecule has 1 heterocycles. The first-order chi connectivity index (χ1) is 14.9. The fraction of sp³-hybridized carbons (Fsp3) is 0.269. The van der Waals surface area contributed by atoms with Crippen LogP contribution in [0.1, 0.15) is 36.9 Å². The number of sulfone groups is 1. The molecule has 0 bridgehead atoms. The average Bonchev–Trinajstić information content (AvgIpc) is 2.77. The van der Waals surface area contributed by atoms with Crippen LogP contribution in [0, 0.1) is 12.8 Å². The minimum Gasteiger partial charge on any atom is -0.489 e. The van der Waals surface area contributed by atoms with Crippen molar-refractivity contribution in [2.45, 2.75) is 44.1 Å². The number of para-hydroxylation sites is 1. The molecule has 0 amide bonds. The molecule has 3 aromatic rings. The molecule has 0 aliphatic heterocycles. The highest BCUT2D eigenvalue weighted by atomic mass is 32.2. The van der Waals surface area contributed by atoms with Crippen molar-refractivity contribution in [3.63, 3.8) is 0 Å². The first-order valence-electron chi connectivity index (χ1n) is 10.6. The second kappa shape index (κ2) is 9.06. The fourth-order valence-electron chi connectivity index (χ4n) is 3.93. The summed E-state index contributed by atoms with van der Waals surface area (Å²) in [7, 11) is -3.46. The van der Waals surface area contributed by atoms with Crippen LogP contribution in [0.3, 0.4) is 0 Å². The normalized spacial score (nSPS) is 15.6. The molecule has 1 aliphatic rings. The van der Waals surface area contributed by atoms with Gasteiger partial charge in [0.15, 0.2) is 9.84 Å². The molecule has 1 fully saturated rings. The second-order valence-corrected chi connectivity index (χ2v) is 9.99. The lowest BCUT2D eigenvalue weighted by molar-refractivity contribution is 0.307. The van der Waals surface area contributed by atoms with E-state index in [4.69, 9.17) is 4.74 Å². The molecule has 0 atom stereocenters. The number of hydrogen-bond donors (Lipinski definition) is 0. The highest BCUT2D eigenvalue weighted by Crippen LogP contribution is 2.29. The van der Waals surface area contributed by atoms with E-state index in [0.717, 1.165) is 47.8 Å². The van der Waals surface area contributed by atoms with Crippen molar-refractivity contribution >= 4 is 20.7 Å². The van der Waals surface area contributed by atoms with Crippen molar-refractivity contribution < 1.29 is 13.2 Å². The molecule has 0 saturated heterocycles. The SMILES string of the molecule is C=C1CCC(/C=C/S(=O)(=O)c2ccc(OCc3cc(C)nc4ccccc34)cc2)CC1. The van der Waals surface area contributed by atoms with Crippen molar-refractivity contribution in [2.75, 3.05) is 0 Å². The van der Waals surface area contributed by atoms with Gasteiger partial charge in [-0.3, -0.25) is 4.98 Å². The summed E-state index contributed by atoms with van der Waals surface area (Å²) in [6.07, 6.45) is 5.74. The Morgan fingerprint density at radius 3 is 2.55 bits per heavy atom. The monoisotopic (exact) mass is 433 g/mol. The Morgan fingerprint density at radius 1 is 1.10 bits per heavy atom. The van der Waals surface area contributed by atoms with Crippen LogP contribution in [0.4, 0.5) is 0 Å². The molecule has 1 saturated carbocycles. The van der Waals surface area contributed by atoms with E-state index >= 15 is 0 Å². The van der Waals surface area contributed by atoms with Crippen molar-refractivity contribution in [2.24, 2.45) is 5.92 Å². The Labute approximate surface area is 184 Å². The van der Waals surface area contributed by atoms with Crippen molar-refractivity contribution in [1.29, 1.82) is 0 Å². The van der Waals surface area contributed by atoms with Gasteiger partial charge < -0.3 is 4.74 Å². The third-order valence-electron chi connectivity index (χ3n) is 5.74. The Bertz CT molecular complexity index is 1220. The number of hydrogen-bond acceptors (Lipinski definition) is 4. The Balaban J connectivity index is 1.43. The van der Waals surface area contributed by atoms with E-state index in [2.05, 4.69) is 11.6 Å². The molecule has 4 nitrogen and oxygen atoms in total. The van der Waals surface area contributed by atoms with Gasteiger partial charge in [0, 0.05) is 22.1 Å². The lowest BCUT2D eigenvalue weighted by Gasteiger charge is -2.19. The molecule has 1 aromatic heterocycles. The number of benzene rings is 2. The van der Waals surface area contributed by atoms with Gasteiger partial charge in [0.25, 0.3) is 0 Å². The summed E-state index contributed by atoms with van der Waals surface area (Å²) in [5.41, 5.74) is 4.19. The molecule has 2 aromatic carbocycles. The van der Waals surface area contributed by atoms with E-state index in [1.54, 1.807) is 24.3 Å². The van der Waals surface area contributed by atoms with Gasteiger partial charge in [0.1, 0.15) is 12.4 Å². The maximum Gasteiger partial charge on any atom is 0.199 e. The minimum absolute atomic E-state index is 0.279. The molecule has 160 valence electrons. The van der Waals surface area contributed by atoms with Gasteiger partial charge in [-0.05, 0) is 74.9 Å². The van der Waals surface area contributed by atoms with Gasteiger partial charge in [-0.15, -0.1) is 0 Å². The van der Waals surface area contributed by atoms with Gasteiger partial charge in [-0.25, -0.2) is 8.42 Å². The quantitative estimate of drug-likeness (QED) is 0.437. The predicted molar refractivity (Wildman–Crippen MR) is 125 cm³/mol. The number of aromatic nitrogens is 1. The first kappa shape index (κ1) is 21.3. The van der Waals surface area contributed by atoms with Crippen LogP contribution < -0.4 is 4.74 Å². The number of ether oxygens (including phenoxy) is 1. The smallest absolute Gasteiger partial charge is 0.199 e. The fourth-order valence-corrected chi connectivity index (χ4v) is 5.04. The minimum atomic E-state index is -3.46. The summed E-state index contributed by atoms with van der Waals surface area (Å²) in [5.74, 6) is 0.939. The third-order valence-corrected chi connectivity index (χ3v) is 7.19. The molecule has 31 heavy (non-hydrogen) atoms. The third kappa shape index (κ3) is 5.23. The van der Waals surface area contributed by atoms with Crippen LogP contribution in [-0.2, 0) is 16.4 Å². The largest absolute Gasteiger partial charge is 0.489 e. The van der Waals surface area contributed by atoms with Crippen molar-refractivity contribution in [3.05, 3.63) is 89.5 Å². The van der Waals surface area contributed by atoms with E-state index in [0.29, 0.717) is 18.3 Å². The lowest BCUT2D eigenvalue weighted by Crippen LogP contribution is -2.06. The van der Waals surface area contributed by atoms with E-state index in [-0.39, 0.29) is 4.90 Å². The topological polar surface area (TPSA) is 56.3 Å². The second-order valence-electron chi connectivity index (χ2n) is 8.16. The van der Waals surface area contributed by atoms with Gasteiger partial charge >= 0.3 is 0 Å². The zero-order valence-electron chi connectivity index (χ0n) is 17.8. The number of nitrogens with zero attached hydrogens (tertiary/aromatic N) is 1. The number of rotatable bonds is 6. The molecule has 5 heteroatoms. The molecule has 0 N–H and O–H groups in total. The van der Waals surface area contributed by atoms with E-state index < -0.39 is 9.84 Å². The first-order valence-corrected chi connectivity index (χ1v) is 12.1. The molecule has 4 rings (SSSR count). The number of aryl methyl sites for hydroxylation is 1. The van der Waals surface area contributed by atoms with Crippen molar-refractivity contribution in [3.8, 4) is 5.75 Å². The Kier molecular flexibility index (Phi) is 6.23. The van der Waals surface area contributed by atoms with Crippen LogP contribution in [-0.4, -0.2) is 13.4 Å². The maximum absolute atomic E-state index is 12.7. The van der Waals surface area contributed by atoms with Gasteiger partial charge in [0.2, 0.25) is 0 Å². The molecular formula is C26H27NO3S. The zero-order chi connectivity index (χ0) is 21.8.